The van der Waals surface area contributed by atoms with Crippen LogP contribution in [0.5, 0.6) is 0 Å². The molecule has 0 saturated heterocycles. The van der Waals surface area contributed by atoms with Gasteiger partial charge in [0.15, 0.2) is 6.04 Å². The van der Waals surface area contributed by atoms with Crippen LogP contribution < -0.4 is 10.2 Å². The second kappa shape index (κ2) is 11.1. The van der Waals surface area contributed by atoms with Crippen LogP contribution in [0.4, 0.5) is 10.5 Å². The number of carbonyl (C=O) groups excluding carboxylic acids is 2. The molecule has 0 aromatic heterocycles. The Labute approximate surface area is 222 Å². The average molecular weight is 545 g/mol. The number of amides is 1. The van der Waals surface area contributed by atoms with Gasteiger partial charge in [-0.3, -0.25) is 9.46 Å². The van der Waals surface area contributed by atoms with E-state index in [0.717, 1.165) is 5.56 Å². The number of benzene rings is 2. The lowest BCUT2D eigenvalue weighted by molar-refractivity contribution is -0.144. The van der Waals surface area contributed by atoms with E-state index < -0.39 is 36.7 Å². The van der Waals surface area contributed by atoms with Crippen LogP contribution in [-0.2, 0) is 23.4 Å². The molecule has 0 N–H and O–H groups in total. The Hall–Kier alpha value is -3.11. The van der Waals surface area contributed by atoms with E-state index in [1.807, 2.05) is 19.1 Å². The number of hydrogen-bond donors (Lipinski definition) is 0. The molecular formula is C27H30ClN2O6P. The standard InChI is InChI=1S/C27H30ClN2O6P/c1-7-35-25(31)23-24(37(33,34-6)20-14-17(2)13-18(15-20)9-8-12-29)21-16-19(28)10-11-22(21)30(23)26(32)36-27(3,4)5/h8-11,13-16,23-24H,7H2,1-6H3/b9-8+. The smallest absolute Gasteiger partial charge is 0.415 e. The Balaban J connectivity index is 2.31. The summed E-state index contributed by atoms with van der Waals surface area (Å²) in [7, 11) is -2.62. The lowest BCUT2D eigenvalue weighted by Crippen LogP contribution is -2.47. The number of halogens is 1. The normalized spacial score (nSPS) is 18.7. The number of esters is 1. The van der Waals surface area contributed by atoms with Crippen LogP contribution in [0.2, 0.25) is 5.02 Å². The Morgan fingerprint density at radius 2 is 1.92 bits per heavy atom. The summed E-state index contributed by atoms with van der Waals surface area (Å²) in [6.07, 6.45) is 2.11. The van der Waals surface area contributed by atoms with Crippen molar-refractivity contribution in [2.24, 2.45) is 0 Å². The molecule has 0 bridgehead atoms. The lowest BCUT2D eigenvalue weighted by atomic mass is 10.1. The van der Waals surface area contributed by atoms with Gasteiger partial charge in [0, 0.05) is 23.5 Å². The number of aryl methyl sites for hydroxylation is 1. The average Bonchev–Trinajstić information content (AvgIpc) is 3.16. The van der Waals surface area contributed by atoms with Crippen LogP contribution in [0.1, 0.15) is 50.0 Å². The molecule has 1 aliphatic heterocycles. The Morgan fingerprint density at radius 1 is 1.22 bits per heavy atom. The molecule has 0 radical (unpaired) electrons. The minimum Gasteiger partial charge on any atom is -0.464 e. The van der Waals surface area contributed by atoms with Gasteiger partial charge >= 0.3 is 12.1 Å². The Kier molecular flexibility index (Phi) is 8.54. The van der Waals surface area contributed by atoms with E-state index in [1.165, 1.54) is 18.1 Å². The fraction of sp³-hybridized carbons (Fsp3) is 0.370. The summed E-state index contributed by atoms with van der Waals surface area (Å²) in [6.45, 7) is 8.65. The third-order valence-electron chi connectivity index (χ3n) is 5.70. The summed E-state index contributed by atoms with van der Waals surface area (Å²) in [5, 5.41) is 9.62. The van der Waals surface area contributed by atoms with Gasteiger partial charge in [0.25, 0.3) is 0 Å². The number of rotatable bonds is 6. The molecule has 196 valence electrons. The highest BCUT2D eigenvalue weighted by atomic mass is 35.5. The van der Waals surface area contributed by atoms with Crippen LogP contribution in [-0.4, -0.2) is 37.4 Å². The van der Waals surface area contributed by atoms with Crippen LogP contribution in [0.15, 0.2) is 42.5 Å². The maximum absolute atomic E-state index is 14.9. The highest BCUT2D eigenvalue weighted by Gasteiger charge is 2.56. The van der Waals surface area contributed by atoms with Gasteiger partial charge in [-0.2, -0.15) is 5.26 Å². The number of carbonyl (C=O) groups is 2. The highest BCUT2D eigenvalue weighted by molar-refractivity contribution is 7.67. The van der Waals surface area contributed by atoms with E-state index in [-0.39, 0.29) is 6.61 Å². The zero-order valence-electron chi connectivity index (χ0n) is 21.6. The molecule has 8 nitrogen and oxygen atoms in total. The summed E-state index contributed by atoms with van der Waals surface area (Å²) in [6, 6.07) is 10.5. The Morgan fingerprint density at radius 3 is 2.51 bits per heavy atom. The van der Waals surface area contributed by atoms with Crippen molar-refractivity contribution in [3.05, 3.63) is 64.2 Å². The van der Waals surface area contributed by atoms with Crippen molar-refractivity contribution < 1.29 is 28.2 Å². The van der Waals surface area contributed by atoms with Crippen molar-refractivity contribution in [2.45, 2.75) is 51.9 Å². The van der Waals surface area contributed by atoms with Gasteiger partial charge in [0.05, 0.1) is 24.0 Å². The number of fused-ring (bicyclic) bond motifs is 1. The van der Waals surface area contributed by atoms with E-state index in [1.54, 1.807) is 64.1 Å². The molecule has 0 spiro atoms. The van der Waals surface area contributed by atoms with E-state index in [0.29, 0.717) is 27.1 Å². The van der Waals surface area contributed by atoms with E-state index in [4.69, 9.17) is 30.9 Å². The first-order valence-corrected chi connectivity index (χ1v) is 13.8. The second-order valence-electron chi connectivity index (χ2n) is 9.54. The molecular weight excluding hydrogens is 515 g/mol. The molecule has 10 heteroatoms. The molecule has 37 heavy (non-hydrogen) atoms. The Bertz CT molecular complexity index is 1330. The van der Waals surface area contributed by atoms with Gasteiger partial charge in [-0.05, 0) is 87.7 Å². The predicted octanol–water partition coefficient (Wildman–Crippen LogP) is 6.16. The van der Waals surface area contributed by atoms with E-state index in [9.17, 15) is 14.2 Å². The fourth-order valence-corrected chi connectivity index (χ4v) is 7.23. The first-order valence-electron chi connectivity index (χ1n) is 11.7. The molecule has 0 aliphatic carbocycles. The largest absolute Gasteiger partial charge is 0.464 e. The van der Waals surface area contributed by atoms with Crippen molar-refractivity contribution >= 4 is 48.1 Å². The SMILES string of the molecule is CCOC(=O)C1C(P(=O)(OC)c2cc(C)cc(/C=C/C#N)c2)c2cc(Cl)ccc2N1C(=O)OC(C)(C)C. The number of allylic oxidation sites excluding steroid dienone is 1. The monoisotopic (exact) mass is 544 g/mol. The topological polar surface area (TPSA) is 106 Å². The first-order chi connectivity index (χ1) is 17.4. The maximum atomic E-state index is 14.9. The van der Waals surface area contributed by atoms with Crippen LogP contribution >= 0.6 is 19.0 Å². The van der Waals surface area contributed by atoms with Gasteiger partial charge in [-0.1, -0.05) is 17.7 Å². The summed E-state index contributed by atoms with van der Waals surface area (Å²) in [4.78, 5) is 28.1. The maximum Gasteiger partial charge on any atom is 0.415 e. The molecule has 0 saturated carbocycles. The van der Waals surface area contributed by atoms with Crippen LogP contribution in [0.3, 0.4) is 0 Å². The van der Waals surface area contributed by atoms with E-state index >= 15 is 0 Å². The number of nitrogens with zero attached hydrogens (tertiary/aromatic N) is 2. The fourth-order valence-electron chi connectivity index (χ4n) is 4.38. The van der Waals surface area contributed by atoms with Gasteiger partial charge < -0.3 is 14.0 Å². The molecule has 3 atom stereocenters. The molecule has 1 amide bonds. The van der Waals surface area contributed by atoms with E-state index in [2.05, 4.69) is 0 Å². The number of hydrogen-bond acceptors (Lipinski definition) is 7. The molecule has 2 aromatic carbocycles. The minimum atomic E-state index is -3.93. The van der Waals surface area contributed by atoms with Crippen LogP contribution in [0, 0.1) is 18.3 Å². The molecule has 0 fully saturated rings. The van der Waals surface area contributed by atoms with Gasteiger partial charge in [0.2, 0.25) is 7.37 Å². The summed E-state index contributed by atoms with van der Waals surface area (Å²) in [5.41, 5.74) is 0.147. The zero-order valence-corrected chi connectivity index (χ0v) is 23.3. The molecule has 3 rings (SSSR count). The lowest BCUT2D eigenvalue weighted by Gasteiger charge is -2.32. The van der Waals surface area contributed by atoms with Crippen LogP contribution in [0.25, 0.3) is 6.08 Å². The van der Waals surface area contributed by atoms with Crippen molar-refractivity contribution in [3.8, 4) is 6.07 Å². The van der Waals surface area contributed by atoms with Crippen molar-refractivity contribution in [3.63, 3.8) is 0 Å². The second-order valence-corrected chi connectivity index (χ2v) is 12.6. The molecule has 1 aliphatic rings. The van der Waals surface area contributed by atoms with Gasteiger partial charge in [-0.15, -0.1) is 0 Å². The predicted molar refractivity (Wildman–Crippen MR) is 143 cm³/mol. The number of ether oxygens (including phenoxy) is 2. The molecule has 3 unspecified atom stereocenters. The molecule has 2 aromatic rings. The highest BCUT2D eigenvalue weighted by Crippen LogP contribution is 2.65. The minimum absolute atomic E-state index is 0.0478. The summed E-state index contributed by atoms with van der Waals surface area (Å²) < 4.78 is 31.6. The summed E-state index contributed by atoms with van der Waals surface area (Å²) in [5.74, 6) is -0.750. The quantitative estimate of drug-likeness (QED) is 0.243. The van der Waals surface area contributed by atoms with Crippen molar-refractivity contribution in [1.29, 1.82) is 5.26 Å². The third kappa shape index (κ3) is 5.91. The van der Waals surface area contributed by atoms with Gasteiger partial charge in [0.1, 0.15) is 5.60 Å². The van der Waals surface area contributed by atoms with Crippen molar-refractivity contribution in [1.82, 2.24) is 0 Å². The van der Waals surface area contributed by atoms with Crippen molar-refractivity contribution in [2.75, 3.05) is 18.6 Å². The first kappa shape index (κ1) is 28.5. The van der Waals surface area contributed by atoms with Gasteiger partial charge in [-0.25, -0.2) is 9.59 Å². The third-order valence-corrected chi connectivity index (χ3v) is 8.74. The number of anilines is 1. The summed E-state index contributed by atoms with van der Waals surface area (Å²) >= 11 is 6.34. The number of nitriles is 1. The molecule has 1 heterocycles. The zero-order chi connectivity index (χ0) is 27.5.